The molecule has 9 heteroatoms. The fraction of sp³-hybridized carbons (Fsp3) is 0.222. The van der Waals surface area contributed by atoms with E-state index in [1.54, 1.807) is 12.1 Å². The lowest BCUT2D eigenvalue weighted by Gasteiger charge is -2.28. The van der Waals surface area contributed by atoms with E-state index in [1.807, 2.05) is 0 Å². The van der Waals surface area contributed by atoms with E-state index in [-0.39, 0.29) is 36.3 Å². The predicted molar refractivity (Wildman–Crippen MR) is 94.1 cm³/mol. The summed E-state index contributed by atoms with van der Waals surface area (Å²) in [4.78, 5) is 35.7. The maximum absolute atomic E-state index is 12.9. The highest BCUT2D eigenvalue weighted by molar-refractivity contribution is 5.89. The van der Waals surface area contributed by atoms with Crippen molar-refractivity contribution in [3.8, 4) is 5.75 Å². The zero-order valence-corrected chi connectivity index (χ0v) is 14.2. The molecule has 1 aliphatic rings. The number of nitrogens with one attached hydrogen (secondary N) is 1. The molecule has 0 saturated carbocycles. The number of carbonyl (C=O) groups excluding carboxylic acids is 2. The number of rotatable bonds is 6. The maximum atomic E-state index is 12.9. The molecule has 0 fully saturated rings. The summed E-state index contributed by atoms with van der Waals surface area (Å²) in [7, 11) is 0. The zero-order chi connectivity index (χ0) is 19.4. The van der Waals surface area contributed by atoms with E-state index >= 15 is 0 Å². The molecular formula is C18H16FN3O5. The molecule has 8 nitrogen and oxygen atoms in total. The molecule has 2 aromatic rings. The molecule has 1 N–H and O–H groups in total. The number of esters is 1. The van der Waals surface area contributed by atoms with Gasteiger partial charge in [0.25, 0.3) is 5.69 Å². The predicted octanol–water partition coefficient (Wildman–Crippen LogP) is 1.82. The van der Waals surface area contributed by atoms with E-state index in [9.17, 15) is 24.1 Å². The smallest absolute Gasteiger partial charge is 0.331 e. The Bertz CT molecular complexity index is 885. The number of ether oxygens (including phenoxy) is 1. The highest BCUT2D eigenvalue weighted by Gasteiger charge is 2.27. The molecule has 0 bridgehead atoms. The van der Waals surface area contributed by atoms with E-state index in [0.29, 0.717) is 18.7 Å². The maximum Gasteiger partial charge on any atom is 0.331 e. The number of fused-ring (bicyclic) bond motifs is 1. The molecule has 0 aliphatic carbocycles. The van der Waals surface area contributed by atoms with Crippen LogP contribution in [0.25, 0.3) is 0 Å². The third-order valence-electron chi connectivity index (χ3n) is 4.02. The number of benzene rings is 2. The van der Waals surface area contributed by atoms with Crippen molar-refractivity contribution in [2.75, 3.05) is 24.5 Å². The molecule has 0 radical (unpaired) electrons. The summed E-state index contributed by atoms with van der Waals surface area (Å²) in [5.41, 5.74) is 1.12. The van der Waals surface area contributed by atoms with Crippen LogP contribution in [0.4, 0.5) is 15.8 Å². The molecular weight excluding hydrogens is 357 g/mol. The third kappa shape index (κ3) is 4.57. The second-order valence-corrected chi connectivity index (χ2v) is 5.97. The first-order valence-corrected chi connectivity index (χ1v) is 8.17. The number of nitrogens with zero attached hydrogens (tertiary/aromatic N) is 2. The Hall–Kier alpha value is -3.49. The lowest BCUT2D eigenvalue weighted by molar-refractivity contribution is -0.384. The number of nitro benzene ring substituents is 1. The monoisotopic (exact) mass is 373 g/mol. The van der Waals surface area contributed by atoms with Crippen LogP contribution in [0.1, 0.15) is 5.56 Å². The molecule has 0 atom stereocenters. The summed E-state index contributed by atoms with van der Waals surface area (Å²) in [6.45, 7) is 0.134. The Kier molecular flexibility index (Phi) is 5.30. The van der Waals surface area contributed by atoms with Gasteiger partial charge in [-0.1, -0.05) is 12.1 Å². The van der Waals surface area contributed by atoms with Crippen LogP contribution >= 0.6 is 0 Å². The van der Waals surface area contributed by atoms with Crippen molar-refractivity contribution < 1.29 is 23.6 Å². The quantitative estimate of drug-likeness (QED) is 0.359. The van der Waals surface area contributed by atoms with Crippen molar-refractivity contribution in [2.45, 2.75) is 6.42 Å². The number of amides is 1. The molecule has 27 heavy (non-hydrogen) atoms. The molecule has 0 saturated heterocycles. The molecule has 3 rings (SSSR count). The van der Waals surface area contributed by atoms with Gasteiger partial charge < -0.3 is 15.0 Å². The Labute approximate surface area is 153 Å². The highest BCUT2D eigenvalue weighted by atomic mass is 19.1. The van der Waals surface area contributed by atoms with Crippen LogP contribution in [0.2, 0.25) is 0 Å². The van der Waals surface area contributed by atoms with Crippen molar-refractivity contribution >= 4 is 23.3 Å². The highest BCUT2D eigenvalue weighted by Crippen LogP contribution is 2.34. The SMILES string of the molecule is O=C(CN1CC(=O)Oc2cc([N+](=O)[O-])ccc21)NCCc1ccc(F)cc1. The summed E-state index contributed by atoms with van der Waals surface area (Å²) in [5, 5.41) is 13.6. The van der Waals surface area contributed by atoms with Gasteiger partial charge >= 0.3 is 5.97 Å². The molecule has 1 aliphatic heterocycles. The van der Waals surface area contributed by atoms with Gasteiger partial charge in [-0.15, -0.1) is 0 Å². The molecule has 1 amide bonds. The average molecular weight is 373 g/mol. The van der Waals surface area contributed by atoms with Gasteiger partial charge in [-0.2, -0.15) is 0 Å². The topological polar surface area (TPSA) is 102 Å². The van der Waals surface area contributed by atoms with Gasteiger partial charge in [0, 0.05) is 12.6 Å². The van der Waals surface area contributed by atoms with Crippen LogP contribution in [0.15, 0.2) is 42.5 Å². The van der Waals surface area contributed by atoms with Crippen LogP contribution < -0.4 is 15.0 Å². The van der Waals surface area contributed by atoms with Gasteiger partial charge in [-0.3, -0.25) is 14.9 Å². The molecule has 0 unspecified atom stereocenters. The molecule has 2 aromatic carbocycles. The fourth-order valence-electron chi connectivity index (χ4n) is 2.72. The molecule has 140 valence electrons. The Morgan fingerprint density at radius 1 is 1.26 bits per heavy atom. The number of halogens is 1. The first-order chi connectivity index (χ1) is 12.9. The first kappa shape index (κ1) is 18.3. The number of nitro groups is 1. The van der Waals surface area contributed by atoms with Crippen molar-refractivity contribution in [3.63, 3.8) is 0 Å². The molecule has 1 heterocycles. The summed E-state index contributed by atoms with van der Waals surface area (Å²) in [6, 6.07) is 9.89. The number of carbonyl (C=O) groups is 2. The summed E-state index contributed by atoms with van der Waals surface area (Å²) in [5.74, 6) is -1.17. The van der Waals surface area contributed by atoms with Crippen molar-refractivity contribution in [1.29, 1.82) is 0 Å². The lowest BCUT2D eigenvalue weighted by atomic mass is 10.1. The van der Waals surface area contributed by atoms with Crippen molar-refractivity contribution in [2.24, 2.45) is 0 Å². The lowest BCUT2D eigenvalue weighted by Crippen LogP contribution is -2.43. The third-order valence-corrected chi connectivity index (χ3v) is 4.02. The Balaban J connectivity index is 1.60. The zero-order valence-electron chi connectivity index (χ0n) is 14.2. The van der Waals surface area contributed by atoms with Gasteiger partial charge in [0.15, 0.2) is 5.75 Å². The van der Waals surface area contributed by atoms with Crippen LogP contribution in [0.5, 0.6) is 5.75 Å². The van der Waals surface area contributed by atoms with E-state index in [1.165, 1.54) is 29.2 Å². The largest absolute Gasteiger partial charge is 0.423 e. The standard InChI is InChI=1S/C18H16FN3O5/c19-13-3-1-12(2-4-13)7-8-20-17(23)10-21-11-18(24)27-16-9-14(22(25)26)5-6-15(16)21/h1-6,9H,7-8,10-11H2,(H,20,23). The first-order valence-electron chi connectivity index (χ1n) is 8.17. The van der Waals surface area contributed by atoms with Crippen LogP contribution in [0, 0.1) is 15.9 Å². The van der Waals surface area contributed by atoms with Gasteiger partial charge in [0.2, 0.25) is 5.91 Å². The van der Waals surface area contributed by atoms with E-state index in [2.05, 4.69) is 5.32 Å². The van der Waals surface area contributed by atoms with Crippen LogP contribution in [-0.2, 0) is 16.0 Å². The van der Waals surface area contributed by atoms with Gasteiger partial charge in [-0.25, -0.2) is 9.18 Å². The minimum absolute atomic E-state index is 0.0552. The van der Waals surface area contributed by atoms with Gasteiger partial charge in [0.1, 0.15) is 12.4 Å². The summed E-state index contributed by atoms with van der Waals surface area (Å²) in [6.07, 6.45) is 0.539. The van der Waals surface area contributed by atoms with Crippen LogP contribution in [-0.4, -0.2) is 36.4 Å². The second-order valence-electron chi connectivity index (χ2n) is 5.97. The number of hydrogen-bond donors (Lipinski definition) is 1. The molecule has 0 spiro atoms. The minimum atomic E-state index is -0.595. The average Bonchev–Trinajstić information content (AvgIpc) is 2.62. The molecule has 0 aromatic heterocycles. The van der Waals surface area contributed by atoms with Gasteiger partial charge in [-0.05, 0) is 30.2 Å². The normalized spacial score (nSPS) is 12.9. The fourth-order valence-corrected chi connectivity index (χ4v) is 2.72. The van der Waals surface area contributed by atoms with Gasteiger partial charge in [0.05, 0.1) is 23.2 Å². The van der Waals surface area contributed by atoms with Crippen molar-refractivity contribution in [1.82, 2.24) is 5.32 Å². The second kappa shape index (κ2) is 7.81. The van der Waals surface area contributed by atoms with E-state index in [4.69, 9.17) is 4.74 Å². The Morgan fingerprint density at radius 3 is 2.70 bits per heavy atom. The van der Waals surface area contributed by atoms with E-state index < -0.39 is 10.9 Å². The van der Waals surface area contributed by atoms with Crippen molar-refractivity contribution in [3.05, 3.63) is 64.0 Å². The minimum Gasteiger partial charge on any atom is -0.423 e. The van der Waals surface area contributed by atoms with E-state index in [0.717, 1.165) is 11.6 Å². The number of non-ortho nitro benzene ring substituents is 1. The Morgan fingerprint density at radius 2 is 2.00 bits per heavy atom. The number of hydrogen-bond acceptors (Lipinski definition) is 6. The summed E-state index contributed by atoms with van der Waals surface area (Å²) >= 11 is 0. The number of anilines is 1. The summed E-state index contributed by atoms with van der Waals surface area (Å²) < 4.78 is 17.9. The van der Waals surface area contributed by atoms with Crippen LogP contribution in [0.3, 0.4) is 0 Å².